The van der Waals surface area contributed by atoms with E-state index < -0.39 is 29.8 Å². The Morgan fingerprint density at radius 3 is 2.32 bits per heavy atom. The first-order valence-electron chi connectivity index (χ1n) is 8.96. The molecule has 0 radical (unpaired) electrons. The minimum atomic E-state index is -1.43. The third kappa shape index (κ3) is 5.49. The van der Waals surface area contributed by atoms with Crippen molar-refractivity contribution in [3.8, 4) is 0 Å². The number of amides is 1. The van der Waals surface area contributed by atoms with E-state index in [9.17, 15) is 24.6 Å². The number of carboxylic acids is 2. The molecule has 2 aromatic rings. The number of carboxylic acid groups (broad SMARTS) is 2. The number of hydrogen-bond acceptors (Lipinski definition) is 6. The molecule has 1 heterocycles. The molecule has 0 aliphatic carbocycles. The fourth-order valence-corrected chi connectivity index (χ4v) is 3.67. The van der Waals surface area contributed by atoms with Crippen molar-refractivity contribution in [1.82, 2.24) is 10.3 Å². The van der Waals surface area contributed by atoms with Crippen molar-refractivity contribution in [3.05, 3.63) is 23.3 Å². The molecule has 0 aliphatic rings. The van der Waals surface area contributed by atoms with Crippen molar-refractivity contribution in [2.45, 2.75) is 40.2 Å². The Balaban J connectivity index is 2.10. The lowest BCUT2D eigenvalue weighted by Crippen LogP contribution is -2.45. The van der Waals surface area contributed by atoms with E-state index >= 15 is 0 Å². The first-order chi connectivity index (χ1) is 13.1. The van der Waals surface area contributed by atoms with Gasteiger partial charge in [0.1, 0.15) is 12.0 Å². The minimum Gasteiger partial charge on any atom is -0.481 e. The van der Waals surface area contributed by atoms with Gasteiger partial charge in [-0.15, -0.1) is 0 Å². The Morgan fingerprint density at radius 1 is 1.11 bits per heavy atom. The van der Waals surface area contributed by atoms with Gasteiger partial charge in [0.05, 0.1) is 10.2 Å². The highest BCUT2D eigenvalue weighted by molar-refractivity contribution is 7.22. The van der Waals surface area contributed by atoms with E-state index in [0.717, 1.165) is 21.3 Å². The van der Waals surface area contributed by atoms with Crippen molar-refractivity contribution in [2.24, 2.45) is 11.8 Å². The molecule has 0 bridgehead atoms. The predicted octanol–water partition coefficient (Wildman–Crippen LogP) is 2.64. The van der Waals surface area contributed by atoms with Gasteiger partial charge in [0.15, 0.2) is 5.13 Å². The van der Waals surface area contributed by atoms with Gasteiger partial charge in [-0.2, -0.15) is 0 Å². The standard InChI is InChI=1S/C19H25N3O5S/c1-9(2)5-14(18(26)27)20-8-12(17(24)25)16(23)22-19-21-13-6-10(3)11(4)7-15(13)28-19/h6-7,9,12,14,20H,5,8H2,1-4H3,(H,24,25)(H,26,27)(H,21,22,23)/t12?,14-/m0/s1. The molecule has 2 rings (SSSR count). The molecule has 1 aromatic heterocycles. The summed E-state index contributed by atoms with van der Waals surface area (Å²) < 4.78 is 0.895. The maximum Gasteiger partial charge on any atom is 0.320 e. The normalized spacial score (nSPS) is 13.5. The molecule has 0 saturated carbocycles. The van der Waals surface area contributed by atoms with E-state index in [0.29, 0.717) is 11.6 Å². The van der Waals surface area contributed by atoms with Crippen LogP contribution >= 0.6 is 11.3 Å². The topological polar surface area (TPSA) is 129 Å². The van der Waals surface area contributed by atoms with E-state index in [1.807, 2.05) is 39.8 Å². The molecule has 0 fully saturated rings. The highest BCUT2D eigenvalue weighted by Gasteiger charge is 2.29. The number of benzene rings is 1. The van der Waals surface area contributed by atoms with Crippen LogP contribution in [0.25, 0.3) is 10.2 Å². The Morgan fingerprint density at radius 2 is 1.75 bits per heavy atom. The number of aliphatic carboxylic acids is 2. The van der Waals surface area contributed by atoms with Crippen LogP contribution in [0.5, 0.6) is 0 Å². The van der Waals surface area contributed by atoms with Crippen molar-refractivity contribution in [2.75, 3.05) is 11.9 Å². The van der Waals surface area contributed by atoms with Crippen LogP contribution in [-0.2, 0) is 14.4 Å². The molecule has 0 spiro atoms. The van der Waals surface area contributed by atoms with Crippen molar-refractivity contribution >= 4 is 44.5 Å². The molecule has 4 N–H and O–H groups in total. The third-order valence-electron chi connectivity index (χ3n) is 4.42. The van der Waals surface area contributed by atoms with Gasteiger partial charge in [0, 0.05) is 6.54 Å². The fourth-order valence-electron chi connectivity index (χ4n) is 2.72. The van der Waals surface area contributed by atoms with Crippen LogP contribution in [0.4, 0.5) is 5.13 Å². The predicted molar refractivity (Wildman–Crippen MR) is 108 cm³/mol. The van der Waals surface area contributed by atoms with Crippen LogP contribution in [0.3, 0.4) is 0 Å². The summed E-state index contributed by atoms with van der Waals surface area (Å²) in [6.45, 7) is 7.41. The number of aromatic nitrogens is 1. The number of rotatable bonds is 9. The number of nitrogens with one attached hydrogen (secondary N) is 2. The summed E-state index contributed by atoms with van der Waals surface area (Å²) in [4.78, 5) is 39.6. The van der Waals surface area contributed by atoms with Crippen LogP contribution in [-0.4, -0.2) is 45.6 Å². The van der Waals surface area contributed by atoms with Crippen molar-refractivity contribution in [1.29, 1.82) is 0 Å². The van der Waals surface area contributed by atoms with Gasteiger partial charge in [-0.25, -0.2) is 4.98 Å². The van der Waals surface area contributed by atoms with Crippen molar-refractivity contribution in [3.63, 3.8) is 0 Å². The fraction of sp³-hybridized carbons (Fsp3) is 0.474. The summed E-state index contributed by atoms with van der Waals surface area (Å²) >= 11 is 1.26. The maximum atomic E-state index is 12.5. The summed E-state index contributed by atoms with van der Waals surface area (Å²) in [6, 6.07) is 2.97. The third-order valence-corrected chi connectivity index (χ3v) is 5.36. The zero-order chi connectivity index (χ0) is 21.0. The second-order valence-corrected chi connectivity index (χ2v) is 8.26. The number of carbonyl (C=O) groups is 3. The Hall–Kier alpha value is -2.52. The van der Waals surface area contributed by atoms with Gasteiger partial charge in [-0.05, 0) is 49.4 Å². The molecule has 8 nitrogen and oxygen atoms in total. The van der Waals surface area contributed by atoms with Gasteiger partial charge in [0.25, 0.3) is 0 Å². The highest BCUT2D eigenvalue weighted by Crippen LogP contribution is 2.28. The zero-order valence-electron chi connectivity index (χ0n) is 16.3. The SMILES string of the molecule is Cc1cc2nc(NC(=O)C(CN[C@@H](CC(C)C)C(=O)O)C(=O)O)sc2cc1C. The Bertz CT molecular complexity index is 854. The number of nitrogens with zero attached hydrogens (tertiary/aromatic N) is 1. The Kier molecular flexibility index (Phi) is 7.09. The van der Waals surface area contributed by atoms with Crippen LogP contribution in [0.2, 0.25) is 0 Å². The van der Waals surface area contributed by atoms with Gasteiger partial charge in [-0.1, -0.05) is 25.2 Å². The van der Waals surface area contributed by atoms with Crippen LogP contribution < -0.4 is 10.6 Å². The van der Waals surface area contributed by atoms with E-state index in [-0.39, 0.29) is 12.5 Å². The number of thiazole rings is 1. The van der Waals surface area contributed by atoms with Gasteiger partial charge >= 0.3 is 11.9 Å². The molecule has 28 heavy (non-hydrogen) atoms. The van der Waals surface area contributed by atoms with Crippen LogP contribution in [0, 0.1) is 25.7 Å². The van der Waals surface area contributed by atoms with Crippen LogP contribution in [0.1, 0.15) is 31.4 Å². The summed E-state index contributed by atoms with van der Waals surface area (Å²) in [5.74, 6) is -4.45. The zero-order valence-corrected chi connectivity index (χ0v) is 17.1. The van der Waals surface area contributed by atoms with Crippen LogP contribution in [0.15, 0.2) is 12.1 Å². The lowest BCUT2D eigenvalue weighted by atomic mass is 10.0. The van der Waals surface area contributed by atoms with E-state index in [2.05, 4.69) is 15.6 Å². The number of hydrogen-bond donors (Lipinski definition) is 4. The highest BCUT2D eigenvalue weighted by atomic mass is 32.1. The molecule has 1 amide bonds. The van der Waals surface area contributed by atoms with Gasteiger partial charge in [0.2, 0.25) is 5.91 Å². The lowest BCUT2D eigenvalue weighted by molar-refractivity contribution is -0.146. The summed E-state index contributed by atoms with van der Waals surface area (Å²) in [7, 11) is 0. The number of aryl methyl sites for hydroxylation is 2. The maximum absolute atomic E-state index is 12.5. The second-order valence-electron chi connectivity index (χ2n) is 7.23. The largest absolute Gasteiger partial charge is 0.481 e. The molecule has 152 valence electrons. The van der Waals surface area contributed by atoms with E-state index in [1.54, 1.807) is 0 Å². The van der Waals surface area contributed by atoms with E-state index in [4.69, 9.17) is 0 Å². The molecule has 1 unspecified atom stereocenters. The first kappa shape index (κ1) is 21.8. The molecule has 0 saturated heterocycles. The van der Waals surface area contributed by atoms with E-state index in [1.165, 1.54) is 11.3 Å². The van der Waals surface area contributed by atoms with Crippen molar-refractivity contribution < 1.29 is 24.6 Å². The molecular weight excluding hydrogens is 382 g/mol. The average molecular weight is 407 g/mol. The molecule has 2 atom stereocenters. The second kappa shape index (κ2) is 9.11. The first-order valence-corrected chi connectivity index (χ1v) is 9.77. The molecule has 9 heteroatoms. The lowest BCUT2D eigenvalue weighted by Gasteiger charge is -2.19. The minimum absolute atomic E-state index is 0.111. The smallest absolute Gasteiger partial charge is 0.320 e. The molecular formula is C19H25N3O5S. The number of fused-ring (bicyclic) bond motifs is 1. The van der Waals surface area contributed by atoms with Gasteiger partial charge < -0.3 is 20.8 Å². The number of anilines is 1. The molecule has 1 aromatic carbocycles. The summed E-state index contributed by atoms with van der Waals surface area (Å²) in [6.07, 6.45) is 0.333. The Labute approximate surface area is 167 Å². The van der Waals surface area contributed by atoms with Gasteiger partial charge in [-0.3, -0.25) is 14.4 Å². The number of carbonyl (C=O) groups excluding carboxylic acids is 1. The monoisotopic (exact) mass is 407 g/mol. The summed E-state index contributed by atoms with van der Waals surface area (Å²) in [5, 5.41) is 24.2. The average Bonchev–Trinajstić information content (AvgIpc) is 2.94. The molecule has 0 aliphatic heterocycles. The summed E-state index contributed by atoms with van der Waals surface area (Å²) in [5.41, 5.74) is 2.91. The quantitative estimate of drug-likeness (QED) is 0.470.